The van der Waals surface area contributed by atoms with Crippen LogP contribution in [0.2, 0.25) is 0 Å². The first kappa shape index (κ1) is 15.3. The Morgan fingerprint density at radius 1 is 0.952 bits per heavy atom. The van der Waals surface area contributed by atoms with E-state index >= 15 is 0 Å². The smallest absolute Gasteiger partial charge is 0.238 e. The molecule has 0 fully saturated rings. The van der Waals surface area contributed by atoms with Crippen molar-refractivity contribution in [2.24, 2.45) is 5.14 Å². The number of sulfonamides is 1. The monoisotopic (exact) mass is 307 g/mol. The van der Waals surface area contributed by atoms with Crippen LogP contribution in [0.25, 0.3) is 0 Å². The lowest BCUT2D eigenvalue weighted by molar-refractivity contribution is 0.321. The molecule has 0 heterocycles. The molecule has 5 nitrogen and oxygen atoms in total. The highest BCUT2D eigenvalue weighted by molar-refractivity contribution is 7.89. The summed E-state index contributed by atoms with van der Waals surface area (Å²) in [6, 6.07) is 13.8. The maximum Gasteiger partial charge on any atom is 0.238 e. The molecule has 0 aliphatic heterocycles. The Bertz CT molecular complexity index is 679. The van der Waals surface area contributed by atoms with Crippen LogP contribution in [0.5, 0.6) is 11.5 Å². The molecule has 0 atom stereocenters. The van der Waals surface area contributed by atoms with E-state index in [1.165, 1.54) is 12.1 Å². The highest BCUT2D eigenvalue weighted by Crippen LogP contribution is 2.16. The number of rotatable bonds is 6. The van der Waals surface area contributed by atoms with Crippen LogP contribution in [0, 0.1) is 0 Å². The maximum atomic E-state index is 11.1. The largest absolute Gasteiger partial charge is 0.497 e. The Labute approximate surface area is 124 Å². The van der Waals surface area contributed by atoms with Gasteiger partial charge in [-0.2, -0.15) is 0 Å². The van der Waals surface area contributed by atoms with Crippen LogP contribution in [0.3, 0.4) is 0 Å². The summed E-state index contributed by atoms with van der Waals surface area (Å²) in [6.45, 7) is 0.501. The number of hydrogen-bond acceptors (Lipinski definition) is 4. The molecule has 0 spiro atoms. The van der Waals surface area contributed by atoms with Gasteiger partial charge in [0.15, 0.2) is 0 Å². The lowest BCUT2D eigenvalue weighted by Crippen LogP contribution is -2.11. The third-order valence-corrected chi connectivity index (χ3v) is 3.90. The fourth-order valence-corrected chi connectivity index (χ4v) is 2.32. The van der Waals surface area contributed by atoms with Gasteiger partial charge in [-0.15, -0.1) is 0 Å². The van der Waals surface area contributed by atoms with Gasteiger partial charge in [-0.05, 0) is 42.0 Å². The molecule has 112 valence electrons. The number of primary sulfonamides is 1. The van der Waals surface area contributed by atoms with Gasteiger partial charge in [0.25, 0.3) is 0 Å². The van der Waals surface area contributed by atoms with Crippen molar-refractivity contribution < 1.29 is 17.9 Å². The number of hydrogen-bond donors (Lipinski definition) is 1. The van der Waals surface area contributed by atoms with Gasteiger partial charge >= 0.3 is 0 Å². The summed E-state index contributed by atoms with van der Waals surface area (Å²) in [5.41, 5.74) is 1.14. The minimum atomic E-state index is -3.66. The molecule has 2 aromatic carbocycles. The first-order valence-electron chi connectivity index (χ1n) is 6.37. The molecule has 0 unspecified atom stereocenters. The van der Waals surface area contributed by atoms with Crippen LogP contribution in [0.1, 0.15) is 5.56 Å². The molecule has 0 saturated carbocycles. The van der Waals surface area contributed by atoms with Crippen molar-refractivity contribution in [2.45, 2.75) is 11.3 Å². The average molecular weight is 307 g/mol. The van der Waals surface area contributed by atoms with E-state index in [1.54, 1.807) is 19.2 Å². The van der Waals surface area contributed by atoms with Gasteiger partial charge in [0.05, 0.1) is 18.6 Å². The first-order chi connectivity index (χ1) is 9.99. The molecule has 0 saturated heterocycles. The van der Waals surface area contributed by atoms with Gasteiger partial charge in [0, 0.05) is 6.42 Å². The molecular weight excluding hydrogens is 290 g/mol. The molecule has 0 aromatic heterocycles. The Balaban J connectivity index is 1.88. The van der Waals surface area contributed by atoms with Crippen molar-refractivity contribution in [3.05, 3.63) is 54.1 Å². The molecular formula is C15H17NO4S. The summed E-state index contributed by atoms with van der Waals surface area (Å²) < 4.78 is 32.9. The third-order valence-electron chi connectivity index (χ3n) is 2.97. The zero-order valence-electron chi connectivity index (χ0n) is 11.7. The Kier molecular flexibility index (Phi) is 4.82. The van der Waals surface area contributed by atoms with Gasteiger partial charge < -0.3 is 9.47 Å². The van der Waals surface area contributed by atoms with Crippen molar-refractivity contribution in [1.29, 1.82) is 0 Å². The van der Waals surface area contributed by atoms with E-state index in [2.05, 4.69) is 0 Å². The van der Waals surface area contributed by atoms with Gasteiger partial charge in [-0.25, -0.2) is 13.6 Å². The summed E-state index contributed by atoms with van der Waals surface area (Å²) >= 11 is 0. The van der Waals surface area contributed by atoms with Crippen LogP contribution in [-0.2, 0) is 16.4 Å². The van der Waals surface area contributed by atoms with Gasteiger partial charge in [-0.1, -0.05) is 12.1 Å². The molecule has 0 amide bonds. The summed E-state index contributed by atoms with van der Waals surface area (Å²) in [4.78, 5) is 0.0741. The number of benzene rings is 2. The molecule has 2 rings (SSSR count). The molecule has 0 aliphatic carbocycles. The highest BCUT2D eigenvalue weighted by Gasteiger charge is 2.06. The van der Waals surface area contributed by atoms with E-state index in [4.69, 9.17) is 14.6 Å². The second-order valence-corrected chi connectivity index (χ2v) is 6.02. The lowest BCUT2D eigenvalue weighted by Gasteiger charge is -2.07. The zero-order chi connectivity index (χ0) is 15.3. The fraction of sp³-hybridized carbons (Fsp3) is 0.200. The van der Waals surface area contributed by atoms with Crippen molar-refractivity contribution in [3.63, 3.8) is 0 Å². The second kappa shape index (κ2) is 6.60. The standard InChI is InChI=1S/C15H17NO4S/c1-19-13-4-2-12(3-5-13)10-11-20-14-6-8-15(9-7-14)21(16,17)18/h2-9H,10-11H2,1H3,(H2,16,17,18). The molecule has 21 heavy (non-hydrogen) atoms. The highest BCUT2D eigenvalue weighted by atomic mass is 32.2. The van der Waals surface area contributed by atoms with E-state index in [0.717, 1.165) is 17.7 Å². The zero-order valence-corrected chi connectivity index (χ0v) is 12.5. The number of nitrogens with two attached hydrogens (primary N) is 1. The van der Waals surface area contributed by atoms with Gasteiger partial charge in [0.2, 0.25) is 10.0 Å². The molecule has 0 aliphatic rings. The normalized spacial score (nSPS) is 11.1. The SMILES string of the molecule is COc1ccc(CCOc2ccc(S(N)(=O)=O)cc2)cc1. The molecule has 0 bridgehead atoms. The van der Waals surface area contributed by atoms with E-state index in [9.17, 15) is 8.42 Å². The average Bonchev–Trinajstić information content (AvgIpc) is 2.47. The predicted molar refractivity (Wildman–Crippen MR) is 80.0 cm³/mol. The van der Waals surface area contributed by atoms with E-state index in [-0.39, 0.29) is 4.90 Å². The van der Waals surface area contributed by atoms with E-state index in [1.807, 2.05) is 24.3 Å². The lowest BCUT2D eigenvalue weighted by atomic mass is 10.1. The van der Waals surface area contributed by atoms with Gasteiger partial charge in [-0.3, -0.25) is 0 Å². The fourth-order valence-electron chi connectivity index (χ4n) is 1.80. The summed E-state index contributed by atoms with van der Waals surface area (Å²) in [7, 11) is -2.03. The molecule has 6 heteroatoms. The predicted octanol–water partition coefficient (Wildman–Crippen LogP) is 1.96. The van der Waals surface area contributed by atoms with Crippen molar-refractivity contribution in [2.75, 3.05) is 13.7 Å². The quantitative estimate of drug-likeness (QED) is 0.885. The summed E-state index contributed by atoms with van der Waals surface area (Å²) in [5.74, 6) is 1.43. The van der Waals surface area contributed by atoms with Crippen LogP contribution >= 0.6 is 0 Å². The topological polar surface area (TPSA) is 78.6 Å². The molecule has 2 aromatic rings. The number of methoxy groups -OCH3 is 1. The van der Waals surface area contributed by atoms with Crippen LogP contribution in [0.15, 0.2) is 53.4 Å². The maximum absolute atomic E-state index is 11.1. The Morgan fingerprint density at radius 2 is 1.52 bits per heavy atom. The minimum absolute atomic E-state index is 0.0741. The molecule has 2 N–H and O–H groups in total. The summed E-state index contributed by atoms with van der Waals surface area (Å²) in [5, 5.41) is 5.03. The van der Waals surface area contributed by atoms with Crippen LogP contribution < -0.4 is 14.6 Å². The van der Waals surface area contributed by atoms with Gasteiger partial charge in [0.1, 0.15) is 11.5 Å². The minimum Gasteiger partial charge on any atom is -0.497 e. The van der Waals surface area contributed by atoms with Crippen molar-refractivity contribution in [1.82, 2.24) is 0 Å². The van der Waals surface area contributed by atoms with E-state index < -0.39 is 10.0 Å². The second-order valence-electron chi connectivity index (χ2n) is 4.46. The van der Waals surface area contributed by atoms with Crippen molar-refractivity contribution >= 4 is 10.0 Å². The van der Waals surface area contributed by atoms with Crippen LogP contribution in [-0.4, -0.2) is 22.1 Å². The summed E-state index contributed by atoms with van der Waals surface area (Å²) in [6.07, 6.45) is 0.751. The number of ether oxygens (including phenoxy) is 2. The third kappa shape index (κ3) is 4.47. The van der Waals surface area contributed by atoms with Crippen molar-refractivity contribution in [3.8, 4) is 11.5 Å². The Hall–Kier alpha value is -2.05. The molecule has 0 radical (unpaired) electrons. The van der Waals surface area contributed by atoms with E-state index in [0.29, 0.717) is 12.4 Å². The Morgan fingerprint density at radius 3 is 2.05 bits per heavy atom. The first-order valence-corrected chi connectivity index (χ1v) is 7.92. The van der Waals surface area contributed by atoms with Crippen LogP contribution in [0.4, 0.5) is 0 Å².